The van der Waals surface area contributed by atoms with Crippen LogP contribution in [0.15, 0.2) is 24.3 Å². The Hall–Kier alpha value is -5.79. The molecule has 1 rings (SSSR count). The molecule has 0 heterocycles. The van der Waals surface area contributed by atoms with E-state index in [1.165, 1.54) is 24.3 Å². The largest absolute Gasteiger partial charge is 0.508 e. The lowest BCUT2D eigenvalue weighted by Crippen LogP contribution is -2.59. The molecule has 0 saturated heterocycles. The fourth-order valence-corrected chi connectivity index (χ4v) is 3.99. The van der Waals surface area contributed by atoms with E-state index >= 15 is 0 Å². The molecule has 0 aliphatic heterocycles. The summed E-state index contributed by atoms with van der Waals surface area (Å²) in [4.78, 5) is 109. The molecule has 47 heavy (non-hydrogen) atoms. The number of phenolic OH excluding ortho intramolecular Hbond substituents is 1. The minimum absolute atomic E-state index is 0.0929. The molecule has 0 unspecified atom stereocenters. The van der Waals surface area contributed by atoms with Gasteiger partial charge in [0, 0.05) is 19.3 Å². The normalized spacial score (nSPS) is 13.8. The van der Waals surface area contributed by atoms with Crippen LogP contribution in [0.1, 0.15) is 44.1 Å². The first-order chi connectivity index (χ1) is 21.9. The highest BCUT2D eigenvalue weighted by molar-refractivity contribution is 5.97. The van der Waals surface area contributed by atoms with Crippen LogP contribution in [0.25, 0.3) is 0 Å². The Morgan fingerprint density at radius 1 is 0.574 bits per heavy atom. The third-order valence-corrected chi connectivity index (χ3v) is 6.41. The van der Waals surface area contributed by atoms with Crippen LogP contribution >= 0.6 is 0 Å². The minimum atomic E-state index is -1.79. The number of rotatable bonds is 21. The minimum Gasteiger partial charge on any atom is -0.508 e. The molecule has 0 bridgehead atoms. The third kappa shape index (κ3) is 15.2. The SMILES string of the molecule is NC(=O)CC[C@H](NC(=O)[C@H](CCC(N)=O)NC(=O)[C@H](Cc1ccc(O)cc1)NC(=O)[C@@H](N)CC(N)=O)C(=O)N[C@@H](CC(N)=O)C(=O)O. The Morgan fingerprint density at radius 3 is 1.38 bits per heavy atom. The molecule has 1 aromatic rings. The third-order valence-electron chi connectivity index (χ3n) is 6.41. The van der Waals surface area contributed by atoms with Crippen molar-refractivity contribution in [1.82, 2.24) is 21.3 Å². The highest BCUT2D eigenvalue weighted by atomic mass is 16.4. The summed E-state index contributed by atoms with van der Waals surface area (Å²) in [6, 6.07) is -2.41. The number of hydrogen-bond donors (Lipinski definition) is 11. The fraction of sp³-hybridized carbons (Fsp3) is 0.444. The Kier molecular flexibility index (Phi) is 15.8. The van der Waals surface area contributed by atoms with Crippen molar-refractivity contribution >= 4 is 53.2 Å². The number of nitrogens with one attached hydrogen (secondary N) is 4. The molecule has 0 fully saturated rings. The first-order valence-corrected chi connectivity index (χ1v) is 14.0. The quantitative estimate of drug-likeness (QED) is 0.0586. The average molecular weight is 666 g/mol. The lowest BCUT2D eigenvalue weighted by molar-refractivity contribution is -0.144. The van der Waals surface area contributed by atoms with Gasteiger partial charge in [0.25, 0.3) is 0 Å². The van der Waals surface area contributed by atoms with Gasteiger partial charge in [-0.2, -0.15) is 0 Å². The van der Waals surface area contributed by atoms with E-state index in [9.17, 15) is 53.4 Å². The van der Waals surface area contributed by atoms with Crippen molar-refractivity contribution in [3.63, 3.8) is 0 Å². The number of carboxylic acids is 1. The van der Waals surface area contributed by atoms with Gasteiger partial charge in [0.2, 0.25) is 47.3 Å². The second kappa shape index (κ2) is 18.9. The predicted molar refractivity (Wildman–Crippen MR) is 160 cm³/mol. The molecule has 1 aromatic carbocycles. The fourth-order valence-electron chi connectivity index (χ4n) is 3.99. The molecule has 16 N–H and O–H groups in total. The maximum Gasteiger partial charge on any atom is 0.326 e. The van der Waals surface area contributed by atoms with Crippen LogP contribution in [0.3, 0.4) is 0 Å². The van der Waals surface area contributed by atoms with Crippen molar-refractivity contribution in [1.29, 1.82) is 0 Å². The number of aliphatic carboxylic acids is 1. The number of benzene rings is 1. The Labute approximate surface area is 267 Å². The molecule has 0 saturated carbocycles. The van der Waals surface area contributed by atoms with E-state index in [1.54, 1.807) is 0 Å². The maximum absolute atomic E-state index is 13.5. The highest BCUT2D eigenvalue weighted by Crippen LogP contribution is 2.12. The van der Waals surface area contributed by atoms with E-state index in [0.29, 0.717) is 5.56 Å². The molecular weight excluding hydrogens is 626 g/mol. The number of carbonyl (C=O) groups excluding carboxylic acids is 8. The summed E-state index contributed by atoms with van der Waals surface area (Å²) in [5.74, 6) is -9.61. The molecule has 0 spiro atoms. The van der Waals surface area contributed by atoms with Gasteiger partial charge in [-0.05, 0) is 30.5 Å². The van der Waals surface area contributed by atoms with E-state index in [0.717, 1.165) is 0 Å². The average Bonchev–Trinajstić information content (AvgIpc) is 2.96. The second-order valence-electron chi connectivity index (χ2n) is 10.4. The highest BCUT2D eigenvalue weighted by Gasteiger charge is 2.32. The van der Waals surface area contributed by atoms with Gasteiger partial charge in [-0.25, -0.2) is 4.79 Å². The van der Waals surface area contributed by atoms with Crippen LogP contribution in [0.5, 0.6) is 5.75 Å². The summed E-state index contributed by atoms with van der Waals surface area (Å²) in [5, 5.41) is 27.9. The summed E-state index contributed by atoms with van der Waals surface area (Å²) in [7, 11) is 0. The van der Waals surface area contributed by atoms with E-state index in [1.807, 2.05) is 5.32 Å². The molecule has 8 amide bonds. The van der Waals surface area contributed by atoms with Crippen LogP contribution in [0.2, 0.25) is 0 Å². The van der Waals surface area contributed by atoms with Crippen LogP contribution in [-0.4, -0.2) is 93.6 Å². The molecule has 0 radical (unpaired) electrons. The van der Waals surface area contributed by atoms with Crippen molar-refractivity contribution in [3.8, 4) is 5.75 Å². The Balaban J connectivity index is 3.33. The second-order valence-corrected chi connectivity index (χ2v) is 10.4. The molecule has 20 nitrogen and oxygen atoms in total. The zero-order chi connectivity index (χ0) is 35.8. The Morgan fingerprint density at radius 2 is 0.979 bits per heavy atom. The van der Waals surface area contributed by atoms with E-state index in [2.05, 4.69) is 16.0 Å². The smallest absolute Gasteiger partial charge is 0.326 e. The summed E-state index contributed by atoms with van der Waals surface area (Å²) in [6.45, 7) is 0. The van der Waals surface area contributed by atoms with E-state index in [-0.39, 0.29) is 12.2 Å². The molecule has 258 valence electrons. The number of phenols is 1. The predicted octanol–water partition coefficient (Wildman–Crippen LogP) is -5.43. The number of amides is 8. The first-order valence-electron chi connectivity index (χ1n) is 14.0. The van der Waals surface area contributed by atoms with Crippen molar-refractivity contribution in [3.05, 3.63) is 29.8 Å². The molecular formula is C27H39N9O11. The van der Waals surface area contributed by atoms with Gasteiger partial charge in [0.1, 0.15) is 29.9 Å². The van der Waals surface area contributed by atoms with Gasteiger partial charge >= 0.3 is 5.97 Å². The lowest BCUT2D eigenvalue weighted by atomic mass is 10.0. The topological polar surface area (TPSA) is 372 Å². The van der Waals surface area contributed by atoms with Crippen LogP contribution in [0, 0.1) is 0 Å². The number of primary amides is 4. The van der Waals surface area contributed by atoms with Gasteiger partial charge in [0.15, 0.2) is 0 Å². The molecule has 5 atom stereocenters. The maximum atomic E-state index is 13.5. The van der Waals surface area contributed by atoms with E-state index in [4.69, 9.17) is 28.7 Å². The first kappa shape index (κ1) is 39.2. The van der Waals surface area contributed by atoms with Crippen molar-refractivity contribution in [2.75, 3.05) is 0 Å². The van der Waals surface area contributed by atoms with Gasteiger partial charge in [0.05, 0.1) is 18.9 Å². The van der Waals surface area contributed by atoms with Crippen molar-refractivity contribution in [2.24, 2.45) is 28.7 Å². The van der Waals surface area contributed by atoms with Crippen LogP contribution in [-0.2, 0) is 49.6 Å². The van der Waals surface area contributed by atoms with Gasteiger partial charge in [-0.1, -0.05) is 12.1 Å². The zero-order valence-corrected chi connectivity index (χ0v) is 25.1. The standard InChI is InChI=1S/C27H39N9O11/c28-14(10-21(31)40)23(42)35-17(9-12-1-3-13(37)4-2-12)26(45)34-15(5-7-19(29)38)24(43)33-16(6-8-20(30)39)25(44)36-18(27(46)47)11-22(32)41/h1-4,14-18,37H,5-11,28H2,(H2,29,38)(H2,30,39)(H2,31,40)(H2,32,41)(H,33,43)(H,34,45)(H,35,42)(H,36,44)(H,46,47)/t14-,15-,16-,17-,18-/m0/s1. The summed E-state index contributed by atoms with van der Waals surface area (Å²) in [6.07, 6.45) is -3.34. The zero-order valence-electron chi connectivity index (χ0n) is 25.1. The number of hydrogen-bond acceptors (Lipinski definition) is 11. The van der Waals surface area contributed by atoms with Gasteiger partial charge in [-0.15, -0.1) is 0 Å². The Bertz CT molecular complexity index is 1350. The van der Waals surface area contributed by atoms with Gasteiger partial charge in [-0.3, -0.25) is 38.4 Å². The van der Waals surface area contributed by atoms with Crippen molar-refractivity contribution < 1.29 is 53.4 Å². The lowest BCUT2D eigenvalue weighted by Gasteiger charge is -2.26. The number of carboxylic acid groups (broad SMARTS) is 1. The van der Waals surface area contributed by atoms with Crippen molar-refractivity contribution in [2.45, 2.75) is 75.2 Å². The van der Waals surface area contributed by atoms with E-state index < -0.39 is 122 Å². The van der Waals surface area contributed by atoms with Crippen LogP contribution < -0.4 is 49.9 Å². The molecule has 0 aromatic heterocycles. The molecule has 0 aliphatic carbocycles. The summed E-state index contributed by atoms with van der Waals surface area (Å²) < 4.78 is 0. The molecule has 0 aliphatic rings. The van der Waals surface area contributed by atoms with Gasteiger partial charge < -0.3 is 60.1 Å². The summed E-state index contributed by atoms with van der Waals surface area (Å²) in [5.41, 5.74) is 26.6. The number of aromatic hydroxyl groups is 1. The number of nitrogens with two attached hydrogens (primary N) is 5. The molecule has 20 heteroatoms. The summed E-state index contributed by atoms with van der Waals surface area (Å²) >= 11 is 0. The van der Waals surface area contributed by atoms with Crippen LogP contribution in [0.4, 0.5) is 0 Å². The number of carbonyl (C=O) groups is 9. The monoisotopic (exact) mass is 665 g/mol.